The molecule has 0 heterocycles. The van der Waals surface area contributed by atoms with Crippen LogP contribution in [0, 0.1) is 0 Å². The lowest BCUT2D eigenvalue weighted by Gasteiger charge is -2.41. The van der Waals surface area contributed by atoms with E-state index in [1.165, 1.54) is 128 Å². The minimum atomic E-state index is -5.02. The van der Waals surface area contributed by atoms with Gasteiger partial charge in [-0.1, -0.05) is 173 Å². The van der Waals surface area contributed by atoms with Gasteiger partial charge in [0, 0.05) is 13.0 Å². The summed E-state index contributed by atoms with van der Waals surface area (Å²) in [5, 5.41) is 50.2. The van der Waals surface area contributed by atoms with Gasteiger partial charge in [-0.25, -0.2) is 4.57 Å². The van der Waals surface area contributed by atoms with Crippen molar-refractivity contribution in [3.8, 4) is 0 Å². The molecule has 0 spiro atoms. The van der Waals surface area contributed by atoms with Gasteiger partial charge in [-0.3, -0.25) is 13.8 Å². The fourth-order valence-corrected chi connectivity index (χ4v) is 8.56. The second-order valence-corrected chi connectivity index (χ2v) is 18.7. The molecular formula is C48H91O12P. The van der Waals surface area contributed by atoms with Crippen molar-refractivity contribution in [2.24, 2.45) is 0 Å². The zero-order valence-electron chi connectivity index (χ0n) is 38.5. The molecule has 0 bridgehead atoms. The van der Waals surface area contributed by atoms with Crippen molar-refractivity contribution in [3.63, 3.8) is 0 Å². The van der Waals surface area contributed by atoms with Gasteiger partial charge in [0.05, 0.1) is 13.2 Å². The van der Waals surface area contributed by atoms with Crippen molar-refractivity contribution in [1.82, 2.24) is 0 Å². The number of rotatable bonds is 42. The average molecular weight is 891 g/mol. The van der Waals surface area contributed by atoms with E-state index in [1.807, 2.05) is 0 Å². The molecule has 360 valence electrons. The van der Waals surface area contributed by atoms with E-state index in [-0.39, 0.29) is 13.0 Å². The molecule has 1 aliphatic rings. The fourth-order valence-electron chi connectivity index (χ4n) is 7.59. The van der Waals surface area contributed by atoms with E-state index in [4.69, 9.17) is 18.5 Å². The molecular weight excluding hydrogens is 799 g/mol. The Kier molecular flexibility index (Phi) is 37.2. The second kappa shape index (κ2) is 39.2. The lowest BCUT2D eigenvalue weighted by atomic mass is 9.85. The van der Waals surface area contributed by atoms with Gasteiger partial charge in [-0.05, 0) is 57.8 Å². The average Bonchev–Trinajstić information content (AvgIpc) is 3.24. The first-order valence-corrected chi connectivity index (χ1v) is 26.2. The van der Waals surface area contributed by atoms with E-state index in [0.29, 0.717) is 13.0 Å². The number of hydrogen-bond acceptors (Lipinski definition) is 11. The molecule has 0 saturated heterocycles. The van der Waals surface area contributed by atoms with Crippen LogP contribution in [-0.4, -0.2) is 98.9 Å². The molecule has 1 fully saturated rings. The molecule has 0 aromatic heterocycles. The largest absolute Gasteiger partial charge is 0.472 e. The molecule has 61 heavy (non-hydrogen) atoms. The summed E-state index contributed by atoms with van der Waals surface area (Å²) in [7, 11) is -5.02. The van der Waals surface area contributed by atoms with Crippen molar-refractivity contribution in [1.29, 1.82) is 0 Å². The number of hydrogen-bond donors (Lipinski definition) is 6. The molecule has 6 atom stereocenters. The van der Waals surface area contributed by atoms with Crippen LogP contribution in [0.5, 0.6) is 0 Å². The van der Waals surface area contributed by atoms with Gasteiger partial charge in [-0.2, -0.15) is 0 Å². The predicted octanol–water partition coefficient (Wildman–Crippen LogP) is 10.5. The van der Waals surface area contributed by atoms with Crippen LogP contribution in [-0.2, 0) is 27.9 Å². The summed E-state index contributed by atoms with van der Waals surface area (Å²) in [5.74, 6) is -0.479. The Morgan fingerprint density at radius 2 is 0.902 bits per heavy atom. The number of ether oxygens (including phenoxy) is 2. The Balaban J connectivity index is 2.29. The topological polar surface area (TPSA) is 192 Å². The van der Waals surface area contributed by atoms with E-state index in [1.54, 1.807) is 0 Å². The van der Waals surface area contributed by atoms with Crippen molar-refractivity contribution < 1.29 is 58.3 Å². The Hall–Kier alpha value is -1.18. The first kappa shape index (κ1) is 57.8. The monoisotopic (exact) mass is 891 g/mol. The van der Waals surface area contributed by atoms with E-state index >= 15 is 0 Å². The second-order valence-electron chi connectivity index (χ2n) is 17.3. The number of carbonyl (C=O) groups is 1. The molecule has 0 amide bonds. The van der Waals surface area contributed by atoms with E-state index in [2.05, 4.69) is 38.2 Å². The summed E-state index contributed by atoms with van der Waals surface area (Å²) in [6, 6.07) is 0. The molecule has 0 aromatic rings. The Morgan fingerprint density at radius 1 is 0.508 bits per heavy atom. The van der Waals surface area contributed by atoms with Crippen molar-refractivity contribution >= 4 is 13.8 Å². The van der Waals surface area contributed by atoms with Gasteiger partial charge >= 0.3 is 13.8 Å². The van der Waals surface area contributed by atoms with Crippen LogP contribution in [0.1, 0.15) is 213 Å². The molecule has 0 aliphatic heterocycles. The summed E-state index contributed by atoms with van der Waals surface area (Å²) in [5.41, 5.74) is 0. The van der Waals surface area contributed by atoms with Gasteiger partial charge in [0.2, 0.25) is 0 Å². The normalized spacial score (nSPS) is 22.3. The summed E-state index contributed by atoms with van der Waals surface area (Å²) in [6.07, 6.45) is 32.6. The molecule has 12 nitrogen and oxygen atoms in total. The molecule has 0 aromatic carbocycles. The van der Waals surface area contributed by atoms with Gasteiger partial charge in [0.25, 0.3) is 0 Å². The maximum absolute atomic E-state index is 12.8. The molecule has 6 N–H and O–H groups in total. The number of aliphatic hydroxyl groups excluding tert-OH is 5. The summed E-state index contributed by atoms with van der Waals surface area (Å²) >= 11 is 0. The SMILES string of the molecule is CCC/C=C\CCCCCCCCOCC(COP(=O)(O)OC1C(O)C(O)C(O)C(O)C1O)OC(=O)CCCCCCCCCCCCC/C=C\CCCCCCCCCC. The molecule has 1 saturated carbocycles. The van der Waals surface area contributed by atoms with E-state index < -0.39 is 63.1 Å². The number of phosphoric acid groups is 1. The molecule has 0 radical (unpaired) electrons. The van der Waals surface area contributed by atoms with Gasteiger partial charge in [0.1, 0.15) is 42.7 Å². The number of phosphoric ester groups is 1. The first-order chi connectivity index (χ1) is 29.5. The minimum absolute atomic E-state index is 0.0788. The Labute approximate surface area is 370 Å². The van der Waals surface area contributed by atoms with Crippen molar-refractivity contribution in [2.45, 2.75) is 256 Å². The smallest absolute Gasteiger partial charge is 0.457 e. The fraction of sp³-hybridized carbons (Fsp3) is 0.896. The summed E-state index contributed by atoms with van der Waals surface area (Å²) < 4.78 is 34.2. The van der Waals surface area contributed by atoms with Crippen LogP contribution < -0.4 is 0 Å². The standard InChI is InChI=1S/C48H91O12P/c1-3-5-7-9-11-13-15-16-17-18-19-20-21-22-23-24-25-26-27-29-31-33-35-37-42(49)59-41(39-57-38-36-34-32-30-28-14-12-10-8-6-4-2)40-58-61(55,56)60-48-46(53)44(51)43(50)45(52)47(48)54/h8,10,18-19,41,43-48,50-54H,3-7,9,11-17,20-40H2,1-2H3,(H,55,56)/b10-8-,19-18-. The highest BCUT2D eigenvalue weighted by Gasteiger charge is 2.51. The third kappa shape index (κ3) is 31.4. The Morgan fingerprint density at radius 3 is 1.36 bits per heavy atom. The van der Waals surface area contributed by atoms with Crippen LogP contribution in [0.3, 0.4) is 0 Å². The van der Waals surface area contributed by atoms with Crippen molar-refractivity contribution in [3.05, 3.63) is 24.3 Å². The van der Waals surface area contributed by atoms with Gasteiger partial charge in [0.15, 0.2) is 0 Å². The van der Waals surface area contributed by atoms with E-state index in [9.17, 15) is 39.8 Å². The number of aliphatic hydroxyl groups is 5. The lowest BCUT2D eigenvalue weighted by molar-refractivity contribution is -0.220. The van der Waals surface area contributed by atoms with Crippen LogP contribution >= 0.6 is 7.82 Å². The lowest BCUT2D eigenvalue weighted by Crippen LogP contribution is -2.64. The maximum atomic E-state index is 12.8. The third-order valence-corrected chi connectivity index (χ3v) is 12.5. The number of allylic oxidation sites excluding steroid dienone is 4. The first-order valence-electron chi connectivity index (χ1n) is 24.7. The highest BCUT2D eigenvalue weighted by atomic mass is 31.2. The number of carbonyl (C=O) groups excluding carboxylic acids is 1. The third-order valence-electron chi connectivity index (χ3n) is 11.5. The zero-order valence-corrected chi connectivity index (χ0v) is 39.4. The summed E-state index contributed by atoms with van der Waals surface area (Å²) in [4.78, 5) is 23.2. The summed E-state index contributed by atoms with van der Waals surface area (Å²) in [6.45, 7) is 4.20. The highest BCUT2D eigenvalue weighted by molar-refractivity contribution is 7.47. The molecule has 1 aliphatic carbocycles. The van der Waals surface area contributed by atoms with Gasteiger partial charge < -0.3 is 39.9 Å². The van der Waals surface area contributed by atoms with Crippen LogP contribution in [0.15, 0.2) is 24.3 Å². The molecule has 13 heteroatoms. The predicted molar refractivity (Wildman–Crippen MR) is 244 cm³/mol. The van der Waals surface area contributed by atoms with Crippen LogP contribution in [0.2, 0.25) is 0 Å². The Bertz CT molecular complexity index is 1110. The van der Waals surface area contributed by atoms with E-state index in [0.717, 1.165) is 57.8 Å². The van der Waals surface area contributed by atoms with Crippen molar-refractivity contribution in [2.75, 3.05) is 19.8 Å². The quantitative estimate of drug-likeness (QED) is 0.0147. The molecule has 6 unspecified atom stereocenters. The maximum Gasteiger partial charge on any atom is 0.472 e. The van der Waals surface area contributed by atoms with Gasteiger partial charge in [-0.15, -0.1) is 0 Å². The van der Waals surface area contributed by atoms with Crippen LogP contribution in [0.25, 0.3) is 0 Å². The number of unbranched alkanes of at least 4 members (excludes halogenated alkanes) is 26. The number of esters is 1. The molecule has 1 rings (SSSR count). The highest BCUT2D eigenvalue weighted by Crippen LogP contribution is 2.47. The minimum Gasteiger partial charge on any atom is -0.457 e. The zero-order chi connectivity index (χ0) is 44.8. The van der Waals surface area contributed by atoms with Crippen LogP contribution in [0.4, 0.5) is 0 Å².